The second-order valence-electron chi connectivity index (χ2n) is 7.35. The van der Waals surface area contributed by atoms with E-state index in [9.17, 15) is 19.8 Å². The monoisotopic (exact) mass is 450 g/mol. The summed E-state index contributed by atoms with van der Waals surface area (Å²) in [6, 6.07) is 11.4. The number of methoxy groups -OCH3 is 1. The number of rotatable bonds is 6. The zero-order chi connectivity index (χ0) is 23.7. The molecular weight excluding hydrogens is 428 g/mol. The van der Waals surface area contributed by atoms with Gasteiger partial charge < -0.3 is 24.2 Å². The zero-order valence-corrected chi connectivity index (χ0v) is 18.2. The molecule has 1 fully saturated rings. The van der Waals surface area contributed by atoms with Crippen LogP contribution in [0, 0.1) is 6.92 Å². The molecule has 0 bridgehead atoms. The number of aromatic hydroxyl groups is 1. The number of nitrogens with zero attached hydrogens (tertiary/aromatic N) is 2. The summed E-state index contributed by atoms with van der Waals surface area (Å²) < 4.78 is 15.7. The second kappa shape index (κ2) is 8.70. The van der Waals surface area contributed by atoms with Crippen LogP contribution in [0.3, 0.4) is 0 Å². The van der Waals surface area contributed by atoms with E-state index < -0.39 is 17.7 Å². The number of carbonyl (C=O) groups is 2. The molecule has 0 saturated carbocycles. The van der Waals surface area contributed by atoms with E-state index in [0.717, 1.165) is 4.90 Å². The molecule has 3 aromatic rings. The molecule has 0 aliphatic carbocycles. The molecular formula is C24H22N2O7. The fourth-order valence-electron chi connectivity index (χ4n) is 3.73. The molecule has 1 amide bonds. The van der Waals surface area contributed by atoms with Crippen molar-refractivity contribution in [1.82, 2.24) is 5.16 Å². The molecule has 2 heterocycles. The minimum absolute atomic E-state index is 0.0926. The van der Waals surface area contributed by atoms with Gasteiger partial charge in [0.25, 0.3) is 5.78 Å². The van der Waals surface area contributed by atoms with Gasteiger partial charge in [0.1, 0.15) is 17.3 Å². The molecule has 1 aromatic heterocycles. The third-order valence-electron chi connectivity index (χ3n) is 5.27. The van der Waals surface area contributed by atoms with E-state index in [1.54, 1.807) is 44.2 Å². The van der Waals surface area contributed by atoms with Crippen molar-refractivity contribution in [2.24, 2.45) is 0 Å². The van der Waals surface area contributed by atoms with E-state index in [4.69, 9.17) is 14.0 Å². The molecule has 1 unspecified atom stereocenters. The maximum Gasteiger partial charge on any atom is 0.301 e. The summed E-state index contributed by atoms with van der Waals surface area (Å²) in [5.74, 6) is -0.863. The number of ether oxygens (including phenoxy) is 2. The van der Waals surface area contributed by atoms with Crippen LogP contribution in [0.15, 0.2) is 58.6 Å². The first-order valence-electron chi connectivity index (χ1n) is 10.2. The van der Waals surface area contributed by atoms with Crippen LogP contribution in [-0.2, 0) is 9.59 Å². The molecule has 33 heavy (non-hydrogen) atoms. The Morgan fingerprint density at radius 3 is 2.48 bits per heavy atom. The quantitative estimate of drug-likeness (QED) is 0.331. The standard InChI is InChI=1S/C24H22N2O7/c1-4-32-18-12-15(7-10-17(18)27)21-20(22(28)14-5-8-16(31-3)9-6-14)23(29)24(30)26(21)19-11-13(2)33-25-19/h5-12,21,27-28H,4H2,1-3H3/b22-20-. The summed E-state index contributed by atoms with van der Waals surface area (Å²) in [6.45, 7) is 3.72. The number of phenolic OH excluding ortho intramolecular Hbond substituents is 1. The second-order valence-corrected chi connectivity index (χ2v) is 7.35. The Hall–Kier alpha value is -4.27. The molecule has 2 aromatic carbocycles. The summed E-state index contributed by atoms with van der Waals surface area (Å²) in [5, 5.41) is 25.1. The van der Waals surface area contributed by atoms with E-state index in [-0.39, 0.29) is 28.6 Å². The summed E-state index contributed by atoms with van der Waals surface area (Å²) in [5.41, 5.74) is 0.643. The number of anilines is 1. The van der Waals surface area contributed by atoms with Crippen LogP contribution >= 0.6 is 0 Å². The van der Waals surface area contributed by atoms with Gasteiger partial charge in [-0.15, -0.1) is 0 Å². The predicted molar refractivity (Wildman–Crippen MR) is 118 cm³/mol. The van der Waals surface area contributed by atoms with E-state index in [1.807, 2.05) is 0 Å². The molecule has 1 aliphatic heterocycles. The Labute approximate surface area is 189 Å². The molecule has 2 N–H and O–H groups in total. The minimum Gasteiger partial charge on any atom is -0.507 e. The molecule has 4 rings (SSSR count). The molecule has 0 spiro atoms. The van der Waals surface area contributed by atoms with Crippen LogP contribution in [0.5, 0.6) is 17.2 Å². The van der Waals surface area contributed by atoms with Crippen molar-refractivity contribution in [3.05, 3.63) is 71.0 Å². The van der Waals surface area contributed by atoms with Gasteiger partial charge in [0, 0.05) is 11.6 Å². The topological polar surface area (TPSA) is 122 Å². The number of benzene rings is 2. The van der Waals surface area contributed by atoms with Gasteiger partial charge in [-0.1, -0.05) is 11.2 Å². The average molecular weight is 450 g/mol. The summed E-state index contributed by atoms with van der Waals surface area (Å²) >= 11 is 0. The van der Waals surface area contributed by atoms with Gasteiger partial charge in [0.15, 0.2) is 17.3 Å². The number of carbonyl (C=O) groups excluding carboxylic acids is 2. The van der Waals surface area contributed by atoms with E-state index in [1.165, 1.54) is 25.3 Å². The Kier molecular flexibility index (Phi) is 5.78. The maximum atomic E-state index is 13.1. The summed E-state index contributed by atoms with van der Waals surface area (Å²) in [6.07, 6.45) is 0. The normalized spacial score (nSPS) is 17.4. The predicted octanol–water partition coefficient (Wildman–Crippen LogP) is 3.72. The van der Waals surface area contributed by atoms with Gasteiger partial charge in [-0.3, -0.25) is 14.5 Å². The van der Waals surface area contributed by atoms with Gasteiger partial charge in [0.05, 0.1) is 25.3 Å². The molecule has 1 saturated heterocycles. The van der Waals surface area contributed by atoms with Crippen LogP contribution in [0.2, 0.25) is 0 Å². The number of hydrogen-bond donors (Lipinski definition) is 2. The lowest BCUT2D eigenvalue weighted by atomic mass is 9.95. The van der Waals surface area contributed by atoms with Crippen molar-refractivity contribution in [3.8, 4) is 17.2 Å². The smallest absolute Gasteiger partial charge is 0.301 e. The van der Waals surface area contributed by atoms with Gasteiger partial charge >= 0.3 is 5.91 Å². The van der Waals surface area contributed by atoms with Gasteiger partial charge in [0.2, 0.25) is 0 Å². The lowest BCUT2D eigenvalue weighted by molar-refractivity contribution is -0.132. The maximum absolute atomic E-state index is 13.1. The first-order valence-corrected chi connectivity index (χ1v) is 10.2. The van der Waals surface area contributed by atoms with Crippen molar-refractivity contribution in [2.45, 2.75) is 19.9 Å². The van der Waals surface area contributed by atoms with Crippen LogP contribution in [-0.4, -0.2) is 40.8 Å². The van der Waals surface area contributed by atoms with E-state index >= 15 is 0 Å². The van der Waals surface area contributed by atoms with Crippen molar-refractivity contribution in [2.75, 3.05) is 18.6 Å². The fraction of sp³-hybridized carbons (Fsp3) is 0.208. The number of phenols is 1. The number of ketones is 1. The molecule has 9 nitrogen and oxygen atoms in total. The molecule has 0 radical (unpaired) electrons. The van der Waals surface area contributed by atoms with Crippen LogP contribution in [0.4, 0.5) is 5.82 Å². The largest absolute Gasteiger partial charge is 0.507 e. The Bertz CT molecular complexity index is 1240. The van der Waals surface area contributed by atoms with Crippen molar-refractivity contribution >= 4 is 23.3 Å². The first kappa shape index (κ1) is 21.9. The number of aromatic nitrogens is 1. The third-order valence-corrected chi connectivity index (χ3v) is 5.27. The van der Waals surface area contributed by atoms with Gasteiger partial charge in [-0.2, -0.15) is 0 Å². The number of aryl methyl sites for hydroxylation is 1. The van der Waals surface area contributed by atoms with Gasteiger partial charge in [-0.25, -0.2) is 0 Å². The number of amides is 1. The van der Waals surface area contributed by atoms with Gasteiger partial charge in [-0.05, 0) is 55.8 Å². The fourth-order valence-corrected chi connectivity index (χ4v) is 3.73. The van der Waals surface area contributed by atoms with E-state index in [0.29, 0.717) is 29.2 Å². The number of Topliss-reactive ketones (excluding diaryl/α,β-unsaturated/α-hetero) is 1. The minimum atomic E-state index is -1.03. The third kappa shape index (κ3) is 3.89. The highest BCUT2D eigenvalue weighted by Gasteiger charge is 2.48. The van der Waals surface area contributed by atoms with Crippen molar-refractivity contribution < 1.29 is 33.8 Å². The summed E-state index contributed by atoms with van der Waals surface area (Å²) in [7, 11) is 1.51. The lowest BCUT2D eigenvalue weighted by Crippen LogP contribution is -2.29. The Morgan fingerprint density at radius 1 is 1.15 bits per heavy atom. The summed E-state index contributed by atoms with van der Waals surface area (Å²) in [4.78, 5) is 27.4. The highest BCUT2D eigenvalue weighted by atomic mass is 16.5. The van der Waals surface area contributed by atoms with Crippen molar-refractivity contribution in [3.63, 3.8) is 0 Å². The average Bonchev–Trinajstić information content (AvgIpc) is 3.35. The molecule has 1 atom stereocenters. The number of hydrogen-bond acceptors (Lipinski definition) is 8. The SMILES string of the molecule is CCOc1cc(C2/C(=C(/O)c3ccc(OC)cc3)C(=O)C(=O)N2c2cc(C)on2)ccc1O. The lowest BCUT2D eigenvalue weighted by Gasteiger charge is -2.23. The van der Waals surface area contributed by atoms with Crippen LogP contribution < -0.4 is 14.4 Å². The highest BCUT2D eigenvalue weighted by Crippen LogP contribution is 2.43. The van der Waals surface area contributed by atoms with Crippen LogP contribution in [0.1, 0.15) is 29.9 Å². The molecule has 1 aliphatic rings. The van der Waals surface area contributed by atoms with E-state index in [2.05, 4.69) is 5.16 Å². The van der Waals surface area contributed by atoms with Crippen LogP contribution in [0.25, 0.3) is 5.76 Å². The molecule has 170 valence electrons. The number of aliphatic hydroxyl groups is 1. The first-order chi connectivity index (χ1) is 15.8. The van der Waals surface area contributed by atoms with Crippen molar-refractivity contribution in [1.29, 1.82) is 0 Å². The molecule has 9 heteroatoms. The Morgan fingerprint density at radius 2 is 1.88 bits per heavy atom. The Balaban J connectivity index is 1.93. The highest BCUT2D eigenvalue weighted by molar-refractivity contribution is 6.51. The zero-order valence-electron chi connectivity index (χ0n) is 18.2. The number of aliphatic hydroxyl groups excluding tert-OH is 1.